The monoisotopic (exact) mass is 533 g/mol. The summed E-state index contributed by atoms with van der Waals surface area (Å²) in [6.07, 6.45) is 6.59. The molecule has 4 fully saturated rings. The predicted molar refractivity (Wildman–Crippen MR) is 120 cm³/mol. The number of carbonyl (C=O) groups excluding carboxylic acids is 2. The highest BCUT2D eigenvalue weighted by Crippen LogP contribution is 2.43. The number of piperidine rings is 3. The average molecular weight is 534 g/mol. The van der Waals surface area contributed by atoms with Crippen LogP contribution in [-0.2, 0) is 19.9 Å². The number of rotatable bonds is 7. The third-order valence-corrected chi connectivity index (χ3v) is 7.96. The van der Waals surface area contributed by atoms with Gasteiger partial charge >= 0.3 is 5.97 Å². The second kappa shape index (κ2) is 10.2. The maximum Gasteiger partial charge on any atom is 0.343 e. The number of nitrogens with one attached hydrogen (secondary N) is 1. The van der Waals surface area contributed by atoms with Crippen LogP contribution >= 0.6 is 0 Å². The highest BCUT2D eigenvalue weighted by Gasteiger charge is 2.53. The molecule has 0 spiro atoms. The summed E-state index contributed by atoms with van der Waals surface area (Å²) >= 11 is 0. The molecule has 2 bridgehead atoms. The van der Waals surface area contributed by atoms with Crippen LogP contribution in [0.2, 0.25) is 0 Å². The average Bonchev–Trinajstić information content (AvgIpc) is 3.54. The number of esters is 1. The van der Waals surface area contributed by atoms with Crippen LogP contribution in [0.1, 0.15) is 44.1 Å². The normalized spacial score (nSPS) is 28.0. The van der Waals surface area contributed by atoms with Gasteiger partial charge in [-0.2, -0.15) is 0 Å². The maximum atomic E-state index is 13.6. The molecule has 6 rings (SSSR count). The van der Waals surface area contributed by atoms with Gasteiger partial charge in [0.2, 0.25) is 0 Å². The van der Waals surface area contributed by atoms with Gasteiger partial charge in [-0.25, -0.2) is 4.79 Å². The molecule has 1 aliphatic carbocycles. The standard InChI is InChI=1S/C25H31N3O5.BrH/c29-23(26-22-12-15-32-27-22)17-28-13-10-18(11-14-28)21(16-28)33-24(30)25(31,20-8-4-5-9-20)19-6-2-1-3-7-19;/h1-3,6-7,12,15,18,20-21,31H,4-5,8-11,13-14,16-17H2;1H/t18?,21-,25?,28?;/m0./s1. The van der Waals surface area contributed by atoms with E-state index in [0.717, 1.165) is 51.6 Å². The fourth-order valence-corrected chi connectivity index (χ4v) is 6.12. The lowest BCUT2D eigenvalue weighted by Gasteiger charge is -2.51. The number of benzene rings is 1. The number of anilines is 1. The number of fused-ring (bicyclic) bond motifs is 3. The number of aromatic nitrogens is 1. The lowest BCUT2D eigenvalue weighted by Crippen LogP contribution is -3.00. The van der Waals surface area contributed by atoms with E-state index in [1.807, 2.05) is 30.3 Å². The van der Waals surface area contributed by atoms with Gasteiger partial charge in [0.1, 0.15) is 12.8 Å². The van der Waals surface area contributed by atoms with Crippen LogP contribution in [0.4, 0.5) is 5.82 Å². The first-order valence-corrected chi connectivity index (χ1v) is 12.0. The summed E-state index contributed by atoms with van der Waals surface area (Å²) in [6.45, 7) is 2.67. The Labute approximate surface area is 210 Å². The van der Waals surface area contributed by atoms with Gasteiger partial charge in [0.05, 0.1) is 13.1 Å². The molecule has 2 N–H and O–H groups in total. The Balaban J connectivity index is 0.00000274. The number of amides is 1. The van der Waals surface area contributed by atoms with Gasteiger partial charge in [-0.15, -0.1) is 0 Å². The number of ether oxygens (including phenoxy) is 1. The Bertz CT molecular complexity index is 972. The van der Waals surface area contributed by atoms with E-state index in [4.69, 9.17) is 9.26 Å². The van der Waals surface area contributed by atoms with Crippen LogP contribution in [0.3, 0.4) is 0 Å². The van der Waals surface area contributed by atoms with Gasteiger partial charge in [-0.3, -0.25) is 4.79 Å². The number of carbonyl (C=O) groups is 2. The number of aliphatic hydroxyl groups is 1. The highest BCUT2D eigenvalue weighted by molar-refractivity contribution is 5.90. The van der Waals surface area contributed by atoms with Crippen LogP contribution in [0.15, 0.2) is 47.2 Å². The lowest BCUT2D eigenvalue weighted by atomic mass is 9.79. The van der Waals surface area contributed by atoms with Crippen LogP contribution in [0, 0.1) is 11.8 Å². The summed E-state index contributed by atoms with van der Waals surface area (Å²) in [6, 6.07) is 10.8. The summed E-state index contributed by atoms with van der Waals surface area (Å²) < 4.78 is 11.5. The minimum Gasteiger partial charge on any atom is -1.00 e. The molecule has 4 heterocycles. The minimum absolute atomic E-state index is 0. The van der Waals surface area contributed by atoms with Crippen molar-refractivity contribution in [3.63, 3.8) is 0 Å². The first kappa shape index (κ1) is 24.9. The number of halogens is 1. The van der Waals surface area contributed by atoms with Crippen LogP contribution < -0.4 is 22.3 Å². The Morgan fingerprint density at radius 2 is 1.82 bits per heavy atom. The molecule has 1 aromatic carbocycles. The molecule has 1 aromatic heterocycles. The zero-order valence-electron chi connectivity index (χ0n) is 19.2. The second-order valence-corrected chi connectivity index (χ2v) is 9.96. The number of hydrogen-bond acceptors (Lipinski definition) is 6. The second-order valence-electron chi connectivity index (χ2n) is 9.96. The highest BCUT2D eigenvalue weighted by atomic mass is 79.9. The molecular formula is C25H32BrN3O5. The Hall–Kier alpha value is -2.23. The smallest absolute Gasteiger partial charge is 0.343 e. The number of quaternary nitrogens is 1. The molecule has 1 amide bonds. The van der Waals surface area contributed by atoms with Crippen molar-refractivity contribution in [2.24, 2.45) is 11.8 Å². The van der Waals surface area contributed by atoms with E-state index in [9.17, 15) is 14.7 Å². The molecular weight excluding hydrogens is 502 g/mol. The fraction of sp³-hybridized carbons (Fsp3) is 0.560. The summed E-state index contributed by atoms with van der Waals surface area (Å²) in [4.78, 5) is 26.2. The molecule has 1 saturated carbocycles. The molecule has 34 heavy (non-hydrogen) atoms. The summed E-state index contributed by atoms with van der Waals surface area (Å²) in [7, 11) is 0. The van der Waals surface area contributed by atoms with E-state index in [2.05, 4.69) is 10.5 Å². The van der Waals surface area contributed by atoms with Gasteiger partial charge in [-0.1, -0.05) is 48.3 Å². The Kier molecular flexibility index (Phi) is 7.45. The van der Waals surface area contributed by atoms with Crippen LogP contribution in [-0.4, -0.2) is 58.9 Å². The molecule has 1 unspecified atom stereocenters. The Morgan fingerprint density at radius 1 is 1.12 bits per heavy atom. The van der Waals surface area contributed by atoms with Gasteiger partial charge < -0.3 is 41.1 Å². The predicted octanol–water partition coefficient (Wildman–Crippen LogP) is -0.153. The topological polar surface area (TPSA) is 102 Å². The fourth-order valence-electron chi connectivity index (χ4n) is 6.12. The first-order valence-electron chi connectivity index (χ1n) is 12.0. The third-order valence-electron chi connectivity index (χ3n) is 7.96. The van der Waals surface area contributed by atoms with E-state index in [1.54, 1.807) is 6.07 Å². The molecule has 3 saturated heterocycles. The Morgan fingerprint density at radius 3 is 2.47 bits per heavy atom. The minimum atomic E-state index is -1.63. The van der Waals surface area contributed by atoms with Crippen molar-refractivity contribution in [2.75, 3.05) is 31.5 Å². The molecule has 184 valence electrons. The van der Waals surface area contributed by atoms with Crippen molar-refractivity contribution in [1.29, 1.82) is 0 Å². The molecule has 3 aliphatic heterocycles. The van der Waals surface area contributed by atoms with Crippen molar-refractivity contribution in [2.45, 2.75) is 50.2 Å². The molecule has 8 nitrogen and oxygen atoms in total. The van der Waals surface area contributed by atoms with Crippen molar-refractivity contribution >= 4 is 17.7 Å². The zero-order valence-corrected chi connectivity index (χ0v) is 20.8. The molecule has 0 radical (unpaired) electrons. The van der Waals surface area contributed by atoms with Crippen molar-refractivity contribution in [3.8, 4) is 0 Å². The summed E-state index contributed by atoms with van der Waals surface area (Å²) in [5, 5.41) is 18.3. The summed E-state index contributed by atoms with van der Waals surface area (Å²) in [5.41, 5.74) is -1.02. The number of hydrogen-bond donors (Lipinski definition) is 2. The van der Waals surface area contributed by atoms with Gasteiger partial charge in [0.15, 0.2) is 24.1 Å². The van der Waals surface area contributed by atoms with Crippen molar-refractivity contribution in [3.05, 3.63) is 48.2 Å². The van der Waals surface area contributed by atoms with E-state index >= 15 is 0 Å². The first-order chi connectivity index (χ1) is 16.0. The van der Waals surface area contributed by atoms with E-state index in [-0.39, 0.29) is 40.8 Å². The maximum absolute atomic E-state index is 13.6. The molecule has 2 aromatic rings. The lowest BCUT2D eigenvalue weighted by molar-refractivity contribution is -0.939. The van der Waals surface area contributed by atoms with Crippen molar-refractivity contribution in [1.82, 2.24) is 5.16 Å². The zero-order chi connectivity index (χ0) is 22.9. The quantitative estimate of drug-likeness (QED) is 0.379. The van der Waals surface area contributed by atoms with Gasteiger partial charge in [-0.05, 0) is 18.4 Å². The SMILES string of the molecule is O=C(C[N+]12CCC(CC1)[C@@H](OC(=O)C(O)(c1ccccc1)C1CCCC1)C2)Nc1ccon1.[Br-]. The van der Waals surface area contributed by atoms with E-state index in [1.165, 1.54) is 6.26 Å². The molecule has 4 aliphatic rings. The molecule has 2 atom stereocenters. The van der Waals surface area contributed by atoms with Gasteiger partial charge in [0, 0.05) is 30.7 Å². The van der Waals surface area contributed by atoms with E-state index < -0.39 is 11.6 Å². The van der Waals surface area contributed by atoms with E-state index in [0.29, 0.717) is 29.0 Å². The number of nitrogens with zero attached hydrogens (tertiary/aromatic N) is 2. The summed E-state index contributed by atoms with van der Waals surface area (Å²) in [5.74, 6) is -0.121. The third kappa shape index (κ3) is 4.78. The van der Waals surface area contributed by atoms with Crippen LogP contribution in [0.25, 0.3) is 0 Å². The van der Waals surface area contributed by atoms with Crippen molar-refractivity contribution < 1.29 is 45.4 Å². The largest absolute Gasteiger partial charge is 1.00 e. The van der Waals surface area contributed by atoms with Gasteiger partial charge in [0.25, 0.3) is 5.91 Å². The molecule has 9 heteroatoms. The van der Waals surface area contributed by atoms with Crippen LogP contribution in [0.5, 0.6) is 0 Å².